The molecule has 1 aromatic heterocycles. The molecule has 0 N–H and O–H groups in total. The normalized spacial score (nSPS) is 10.8. The van der Waals surface area contributed by atoms with Crippen LogP contribution in [-0.4, -0.2) is 9.97 Å². The predicted molar refractivity (Wildman–Crippen MR) is 67.1 cm³/mol. The lowest BCUT2D eigenvalue weighted by molar-refractivity contribution is 0.686. The predicted octanol–water partition coefficient (Wildman–Crippen LogP) is 3.57. The first-order valence-electron chi connectivity index (χ1n) is 5.88. The van der Waals surface area contributed by atoms with E-state index in [4.69, 9.17) is 0 Å². The molecule has 0 saturated carbocycles. The third-order valence-corrected chi connectivity index (χ3v) is 2.79. The highest BCUT2D eigenvalue weighted by atomic mass is 14.8. The van der Waals surface area contributed by atoms with E-state index < -0.39 is 0 Å². The van der Waals surface area contributed by atoms with Gasteiger partial charge in [-0.1, -0.05) is 38.3 Å². The zero-order valence-electron chi connectivity index (χ0n) is 9.52. The van der Waals surface area contributed by atoms with Crippen molar-refractivity contribution in [2.75, 3.05) is 0 Å². The van der Waals surface area contributed by atoms with Crippen LogP contribution in [0.2, 0.25) is 0 Å². The lowest BCUT2D eigenvalue weighted by Gasteiger charge is -2.02. The van der Waals surface area contributed by atoms with E-state index in [0.29, 0.717) is 0 Å². The van der Waals surface area contributed by atoms with Crippen LogP contribution in [0.4, 0.5) is 0 Å². The molecule has 0 aliphatic heterocycles. The minimum atomic E-state index is 1.05. The fourth-order valence-corrected chi connectivity index (χ4v) is 1.86. The summed E-state index contributed by atoms with van der Waals surface area (Å²) in [6, 6.07) is 6.45. The molecular weight excluding hydrogens is 196 g/mol. The summed E-state index contributed by atoms with van der Waals surface area (Å²) in [7, 11) is 0. The lowest BCUT2D eigenvalue weighted by atomic mass is 10.0. The molecule has 2 heteroatoms. The molecule has 2 nitrogen and oxygen atoms in total. The third-order valence-electron chi connectivity index (χ3n) is 2.79. The Morgan fingerprint density at radius 2 is 2.06 bits per heavy atom. The highest BCUT2D eigenvalue weighted by molar-refractivity contribution is 5.77. The maximum absolute atomic E-state index is 4.27. The van der Waals surface area contributed by atoms with Crippen molar-refractivity contribution in [3.05, 3.63) is 43.2 Å². The van der Waals surface area contributed by atoms with Crippen LogP contribution in [0.25, 0.3) is 10.9 Å². The maximum Gasteiger partial charge on any atom is 0.116 e. The van der Waals surface area contributed by atoms with Gasteiger partial charge in [-0.05, 0) is 24.5 Å². The van der Waals surface area contributed by atoms with Crippen molar-refractivity contribution < 1.29 is 0 Å². The third kappa shape index (κ3) is 2.78. The number of aromatic nitrogens is 2. The van der Waals surface area contributed by atoms with Gasteiger partial charge in [0.05, 0.1) is 5.52 Å². The van der Waals surface area contributed by atoms with Crippen molar-refractivity contribution in [1.82, 2.24) is 9.97 Å². The van der Waals surface area contributed by atoms with E-state index in [0.717, 1.165) is 23.7 Å². The maximum atomic E-state index is 4.27. The summed E-state index contributed by atoms with van der Waals surface area (Å²) in [6.07, 6.45) is 9.39. The van der Waals surface area contributed by atoms with Gasteiger partial charge in [-0.2, -0.15) is 0 Å². The molecule has 0 amide bonds. The standard InChI is InChI=1S/C14H17N2/c1-2-3-4-5-6-12-7-8-13-10-15-11-16-14(13)9-12/h7-11H,1-6H2. The Balaban J connectivity index is 2.02. The van der Waals surface area contributed by atoms with Crippen LogP contribution < -0.4 is 0 Å². The van der Waals surface area contributed by atoms with Crippen LogP contribution in [0.5, 0.6) is 0 Å². The summed E-state index contributed by atoms with van der Waals surface area (Å²) in [5.74, 6) is 0. The van der Waals surface area contributed by atoms with Gasteiger partial charge in [0, 0.05) is 11.6 Å². The van der Waals surface area contributed by atoms with E-state index in [1.54, 1.807) is 6.33 Å². The Labute approximate surface area is 96.7 Å². The summed E-state index contributed by atoms with van der Waals surface area (Å²) in [5.41, 5.74) is 2.42. The Hall–Kier alpha value is -1.44. The van der Waals surface area contributed by atoms with Gasteiger partial charge in [0.25, 0.3) is 0 Å². The monoisotopic (exact) mass is 213 g/mol. The first-order chi connectivity index (χ1) is 7.90. The van der Waals surface area contributed by atoms with Crippen molar-refractivity contribution in [2.45, 2.75) is 32.1 Å². The zero-order valence-corrected chi connectivity index (χ0v) is 9.52. The van der Waals surface area contributed by atoms with Crippen LogP contribution >= 0.6 is 0 Å². The summed E-state index contributed by atoms with van der Waals surface area (Å²) >= 11 is 0. The van der Waals surface area contributed by atoms with Crippen LogP contribution in [0.3, 0.4) is 0 Å². The number of hydrogen-bond donors (Lipinski definition) is 0. The smallest absolute Gasteiger partial charge is 0.116 e. The summed E-state index contributed by atoms with van der Waals surface area (Å²) in [4.78, 5) is 8.28. The summed E-state index contributed by atoms with van der Waals surface area (Å²) in [6.45, 7) is 3.85. The Morgan fingerprint density at radius 3 is 2.94 bits per heavy atom. The fourth-order valence-electron chi connectivity index (χ4n) is 1.86. The van der Waals surface area contributed by atoms with Gasteiger partial charge in [-0.25, -0.2) is 9.97 Å². The van der Waals surface area contributed by atoms with Gasteiger partial charge in [0.15, 0.2) is 0 Å². The van der Waals surface area contributed by atoms with Gasteiger partial charge >= 0.3 is 0 Å². The van der Waals surface area contributed by atoms with Gasteiger partial charge in [0.2, 0.25) is 0 Å². The number of nitrogens with zero attached hydrogens (tertiary/aromatic N) is 2. The molecule has 0 saturated heterocycles. The van der Waals surface area contributed by atoms with Crippen molar-refractivity contribution >= 4 is 10.9 Å². The van der Waals surface area contributed by atoms with Crippen molar-refractivity contribution in [3.63, 3.8) is 0 Å². The van der Waals surface area contributed by atoms with E-state index in [1.807, 2.05) is 6.20 Å². The lowest BCUT2D eigenvalue weighted by Crippen LogP contribution is -1.88. The first kappa shape index (κ1) is 11.1. The van der Waals surface area contributed by atoms with Crippen LogP contribution in [0, 0.1) is 6.92 Å². The second-order valence-electron chi connectivity index (χ2n) is 4.08. The number of rotatable bonds is 5. The van der Waals surface area contributed by atoms with Crippen molar-refractivity contribution in [1.29, 1.82) is 0 Å². The summed E-state index contributed by atoms with van der Waals surface area (Å²) < 4.78 is 0. The molecule has 0 bridgehead atoms. The quantitative estimate of drug-likeness (QED) is 0.710. The minimum absolute atomic E-state index is 1.05. The van der Waals surface area contributed by atoms with Crippen molar-refractivity contribution in [3.8, 4) is 0 Å². The number of unbranched alkanes of at least 4 members (excludes halogenated alkanes) is 3. The molecule has 2 rings (SSSR count). The molecule has 0 spiro atoms. The number of fused-ring (bicyclic) bond motifs is 1. The second-order valence-corrected chi connectivity index (χ2v) is 4.08. The van der Waals surface area contributed by atoms with E-state index in [2.05, 4.69) is 35.1 Å². The second kappa shape index (κ2) is 5.59. The molecule has 0 aliphatic rings. The first-order valence-corrected chi connectivity index (χ1v) is 5.88. The molecular formula is C14H17N2. The van der Waals surface area contributed by atoms with Crippen LogP contribution in [-0.2, 0) is 6.42 Å². The Morgan fingerprint density at radius 1 is 1.12 bits per heavy atom. The molecule has 0 aliphatic carbocycles. The average molecular weight is 213 g/mol. The van der Waals surface area contributed by atoms with E-state index in [9.17, 15) is 0 Å². The van der Waals surface area contributed by atoms with Crippen LogP contribution in [0.15, 0.2) is 30.7 Å². The van der Waals surface area contributed by atoms with E-state index in [-0.39, 0.29) is 0 Å². The minimum Gasteiger partial charge on any atom is -0.244 e. The van der Waals surface area contributed by atoms with Gasteiger partial charge in [-0.15, -0.1) is 0 Å². The Kier molecular flexibility index (Phi) is 3.86. The number of benzene rings is 1. The van der Waals surface area contributed by atoms with Crippen molar-refractivity contribution in [2.24, 2.45) is 0 Å². The SMILES string of the molecule is [CH2]CCCCCc1ccc2cncnc2c1. The van der Waals surface area contributed by atoms with Gasteiger partial charge in [-0.3, -0.25) is 0 Å². The molecule has 16 heavy (non-hydrogen) atoms. The van der Waals surface area contributed by atoms with Gasteiger partial charge in [0.1, 0.15) is 6.33 Å². The van der Waals surface area contributed by atoms with E-state index >= 15 is 0 Å². The molecule has 0 unspecified atom stereocenters. The van der Waals surface area contributed by atoms with Crippen LogP contribution in [0.1, 0.15) is 31.2 Å². The highest BCUT2D eigenvalue weighted by Crippen LogP contribution is 2.14. The molecule has 2 aromatic rings. The Bertz CT molecular complexity index is 451. The molecule has 1 heterocycles. The average Bonchev–Trinajstić information content (AvgIpc) is 2.34. The fraction of sp³-hybridized carbons (Fsp3) is 0.357. The van der Waals surface area contributed by atoms with Gasteiger partial charge < -0.3 is 0 Å². The largest absolute Gasteiger partial charge is 0.244 e. The highest BCUT2D eigenvalue weighted by Gasteiger charge is 1.97. The molecule has 1 radical (unpaired) electrons. The number of aryl methyl sites for hydroxylation is 1. The molecule has 1 aromatic carbocycles. The zero-order chi connectivity index (χ0) is 11.2. The molecule has 83 valence electrons. The summed E-state index contributed by atoms with van der Waals surface area (Å²) in [5, 5.41) is 1.11. The number of hydrogen-bond acceptors (Lipinski definition) is 2. The topological polar surface area (TPSA) is 25.8 Å². The van der Waals surface area contributed by atoms with E-state index in [1.165, 1.54) is 24.8 Å². The molecule has 0 atom stereocenters. The molecule has 0 fully saturated rings.